The fourth-order valence-corrected chi connectivity index (χ4v) is 3.79. The second kappa shape index (κ2) is 7.39. The lowest BCUT2D eigenvalue weighted by Crippen LogP contribution is -2.42. The van der Waals surface area contributed by atoms with E-state index in [1.807, 2.05) is 36.4 Å². The molecule has 2 heterocycles. The highest BCUT2D eigenvalue weighted by Gasteiger charge is 2.34. The van der Waals surface area contributed by atoms with Gasteiger partial charge in [-0.05, 0) is 50.3 Å². The molecule has 2 N–H and O–H groups in total. The fourth-order valence-electron chi connectivity index (χ4n) is 3.53. The number of hydrogen-bond donors (Lipinski definition) is 2. The van der Waals surface area contributed by atoms with Gasteiger partial charge in [-0.15, -0.1) is 0 Å². The Labute approximate surface area is 170 Å². The largest absolute Gasteiger partial charge is 0.497 e. The number of anilines is 1. The van der Waals surface area contributed by atoms with E-state index in [2.05, 4.69) is 24.5 Å². The third-order valence-electron chi connectivity index (χ3n) is 4.78. The summed E-state index contributed by atoms with van der Waals surface area (Å²) in [6.45, 7) is 5.27. The Bertz CT molecular complexity index is 900. The maximum atomic E-state index is 6.14. The summed E-state index contributed by atoms with van der Waals surface area (Å²) in [6, 6.07) is 11.6. The number of fused-ring (bicyclic) bond motifs is 2. The van der Waals surface area contributed by atoms with E-state index in [0.717, 1.165) is 40.7 Å². The van der Waals surface area contributed by atoms with E-state index in [-0.39, 0.29) is 11.6 Å². The van der Waals surface area contributed by atoms with Crippen molar-refractivity contribution in [1.29, 1.82) is 0 Å². The van der Waals surface area contributed by atoms with E-state index in [1.54, 1.807) is 7.11 Å². The zero-order chi connectivity index (χ0) is 19.7. The van der Waals surface area contributed by atoms with E-state index in [4.69, 9.17) is 31.2 Å². The van der Waals surface area contributed by atoms with Crippen LogP contribution in [0.25, 0.3) is 0 Å². The average Bonchev–Trinajstić information content (AvgIpc) is 2.66. The van der Waals surface area contributed by atoms with Gasteiger partial charge in [-0.1, -0.05) is 0 Å². The molecule has 0 bridgehead atoms. The Morgan fingerprint density at radius 3 is 2.64 bits per heavy atom. The molecule has 0 radical (unpaired) electrons. The number of methoxy groups -OCH3 is 1. The molecule has 6 nitrogen and oxygen atoms in total. The molecule has 2 aromatic carbocycles. The third kappa shape index (κ3) is 3.94. The van der Waals surface area contributed by atoms with Crippen LogP contribution >= 0.6 is 12.2 Å². The molecular weight excluding hydrogens is 376 g/mol. The van der Waals surface area contributed by atoms with Crippen LogP contribution in [0.15, 0.2) is 36.4 Å². The van der Waals surface area contributed by atoms with Gasteiger partial charge in [-0.2, -0.15) is 0 Å². The Balaban J connectivity index is 1.50. The predicted octanol–water partition coefficient (Wildman–Crippen LogP) is 4.06. The van der Waals surface area contributed by atoms with Crippen molar-refractivity contribution in [3.63, 3.8) is 0 Å². The molecule has 7 heteroatoms. The van der Waals surface area contributed by atoms with Gasteiger partial charge in [0.15, 0.2) is 16.6 Å². The second-order valence-electron chi connectivity index (χ2n) is 7.48. The van der Waals surface area contributed by atoms with Gasteiger partial charge in [0.1, 0.15) is 30.3 Å². The molecule has 0 saturated heterocycles. The van der Waals surface area contributed by atoms with Crippen LogP contribution in [0.2, 0.25) is 0 Å². The van der Waals surface area contributed by atoms with Crippen LogP contribution in [-0.4, -0.2) is 31.0 Å². The van der Waals surface area contributed by atoms with Gasteiger partial charge in [0.2, 0.25) is 0 Å². The molecule has 4 rings (SSSR count). The van der Waals surface area contributed by atoms with Gasteiger partial charge < -0.3 is 29.6 Å². The minimum Gasteiger partial charge on any atom is -0.497 e. The molecular formula is C21H24N2O4S. The van der Waals surface area contributed by atoms with Crippen molar-refractivity contribution in [2.75, 3.05) is 25.6 Å². The number of hydrogen-bond acceptors (Lipinski definition) is 5. The first-order valence-electron chi connectivity index (χ1n) is 9.28. The third-order valence-corrected chi connectivity index (χ3v) is 5.00. The molecule has 0 spiro atoms. The van der Waals surface area contributed by atoms with E-state index in [0.29, 0.717) is 18.3 Å². The van der Waals surface area contributed by atoms with Crippen molar-refractivity contribution in [2.24, 2.45) is 0 Å². The monoisotopic (exact) mass is 400 g/mol. The molecule has 1 atom stereocenters. The maximum absolute atomic E-state index is 6.14. The summed E-state index contributed by atoms with van der Waals surface area (Å²) in [5, 5.41) is 7.21. The van der Waals surface area contributed by atoms with Crippen molar-refractivity contribution in [2.45, 2.75) is 31.9 Å². The van der Waals surface area contributed by atoms with Gasteiger partial charge in [-0.25, -0.2) is 0 Å². The summed E-state index contributed by atoms with van der Waals surface area (Å²) in [5.41, 5.74) is 1.60. The van der Waals surface area contributed by atoms with Gasteiger partial charge in [0, 0.05) is 29.8 Å². The molecule has 0 aliphatic carbocycles. The first kappa shape index (κ1) is 18.7. The molecule has 0 fully saturated rings. The minimum absolute atomic E-state index is 0.0295. The zero-order valence-corrected chi connectivity index (χ0v) is 17.0. The Morgan fingerprint density at radius 2 is 1.86 bits per heavy atom. The summed E-state index contributed by atoms with van der Waals surface area (Å²) in [4.78, 5) is 0. The molecule has 0 saturated carbocycles. The minimum atomic E-state index is -0.316. The quantitative estimate of drug-likeness (QED) is 0.754. The van der Waals surface area contributed by atoms with Gasteiger partial charge in [0.25, 0.3) is 0 Å². The van der Waals surface area contributed by atoms with Crippen molar-refractivity contribution < 1.29 is 18.9 Å². The van der Waals surface area contributed by atoms with Crippen LogP contribution in [0.4, 0.5) is 5.69 Å². The van der Waals surface area contributed by atoms with Crippen LogP contribution in [0, 0.1) is 0 Å². The highest BCUT2D eigenvalue weighted by molar-refractivity contribution is 7.80. The van der Waals surface area contributed by atoms with E-state index in [9.17, 15) is 0 Å². The molecule has 2 aromatic rings. The average molecular weight is 401 g/mol. The Hall–Kier alpha value is -2.67. The van der Waals surface area contributed by atoms with Crippen molar-refractivity contribution in [3.8, 4) is 23.0 Å². The normalized spacial score (nSPS) is 19.0. The molecule has 2 aliphatic rings. The second-order valence-corrected chi connectivity index (χ2v) is 7.89. The Morgan fingerprint density at radius 1 is 1.07 bits per heavy atom. The maximum Gasteiger partial charge on any atom is 0.171 e. The SMILES string of the molecule is COc1ccc2c(c1)OC(C)(C)C[C@H]2NC(=S)Nc1ccc2c(c1)OCCO2. The standard InChI is InChI=1S/C21H24N2O4S/c1-21(2)12-16(15-6-5-14(24-3)11-18(15)27-21)23-20(28)22-13-4-7-17-19(10-13)26-9-8-25-17/h4-7,10-11,16H,8-9,12H2,1-3H3,(H2,22,23,28)/t16-/m1/s1. The van der Waals surface area contributed by atoms with Gasteiger partial charge >= 0.3 is 0 Å². The smallest absolute Gasteiger partial charge is 0.171 e. The molecule has 28 heavy (non-hydrogen) atoms. The lowest BCUT2D eigenvalue weighted by Gasteiger charge is -2.38. The van der Waals surface area contributed by atoms with Gasteiger partial charge in [0.05, 0.1) is 13.2 Å². The lowest BCUT2D eigenvalue weighted by atomic mass is 9.89. The van der Waals surface area contributed by atoms with Crippen LogP contribution < -0.4 is 29.6 Å². The highest BCUT2D eigenvalue weighted by Crippen LogP contribution is 2.41. The summed E-state index contributed by atoms with van der Waals surface area (Å²) in [7, 11) is 1.65. The fraction of sp³-hybridized carbons (Fsp3) is 0.381. The number of ether oxygens (including phenoxy) is 4. The number of rotatable bonds is 3. The summed E-state index contributed by atoms with van der Waals surface area (Å²) in [5.74, 6) is 3.07. The van der Waals surface area contributed by atoms with Crippen molar-refractivity contribution in [3.05, 3.63) is 42.0 Å². The summed E-state index contributed by atoms with van der Waals surface area (Å²) >= 11 is 5.56. The summed E-state index contributed by atoms with van der Waals surface area (Å²) < 4.78 is 22.7. The predicted molar refractivity (Wildman–Crippen MR) is 112 cm³/mol. The van der Waals surface area contributed by atoms with E-state index in [1.165, 1.54) is 0 Å². The lowest BCUT2D eigenvalue weighted by molar-refractivity contribution is 0.0693. The zero-order valence-electron chi connectivity index (χ0n) is 16.2. The topological polar surface area (TPSA) is 61.0 Å². The molecule has 148 valence electrons. The number of thiocarbonyl (C=S) groups is 1. The van der Waals surface area contributed by atoms with Crippen molar-refractivity contribution >= 4 is 23.0 Å². The van der Waals surface area contributed by atoms with Crippen LogP contribution in [-0.2, 0) is 0 Å². The van der Waals surface area contributed by atoms with Crippen LogP contribution in [0.1, 0.15) is 31.9 Å². The number of benzene rings is 2. The van der Waals surface area contributed by atoms with Crippen LogP contribution in [0.5, 0.6) is 23.0 Å². The van der Waals surface area contributed by atoms with Crippen LogP contribution in [0.3, 0.4) is 0 Å². The Kier molecular flexibility index (Phi) is 4.93. The summed E-state index contributed by atoms with van der Waals surface area (Å²) in [6.07, 6.45) is 0.787. The van der Waals surface area contributed by atoms with E-state index >= 15 is 0 Å². The number of nitrogens with one attached hydrogen (secondary N) is 2. The molecule has 0 aromatic heterocycles. The highest BCUT2D eigenvalue weighted by atomic mass is 32.1. The van der Waals surface area contributed by atoms with E-state index < -0.39 is 0 Å². The molecule has 0 unspecified atom stereocenters. The first-order valence-corrected chi connectivity index (χ1v) is 9.68. The molecule has 0 amide bonds. The van der Waals surface area contributed by atoms with Gasteiger partial charge in [-0.3, -0.25) is 0 Å². The first-order chi connectivity index (χ1) is 13.4. The molecule has 2 aliphatic heterocycles. The van der Waals surface area contributed by atoms with Crippen molar-refractivity contribution in [1.82, 2.24) is 5.32 Å².